The molecule has 0 N–H and O–H groups in total. The predicted molar refractivity (Wildman–Crippen MR) is 105 cm³/mol. The van der Waals surface area contributed by atoms with Crippen molar-refractivity contribution < 1.29 is 9.53 Å². The molecule has 0 saturated carbocycles. The van der Waals surface area contributed by atoms with Crippen LogP contribution in [0.15, 0.2) is 53.7 Å². The van der Waals surface area contributed by atoms with Gasteiger partial charge in [0, 0.05) is 10.8 Å². The van der Waals surface area contributed by atoms with Crippen LogP contribution < -0.4 is 9.75 Å². The molecule has 27 heavy (non-hydrogen) atoms. The lowest BCUT2D eigenvalue weighted by Crippen LogP contribution is -2.45. The monoisotopic (exact) mass is 420 g/mol. The molecule has 0 spiro atoms. The van der Waals surface area contributed by atoms with E-state index in [0.29, 0.717) is 38.9 Å². The molecule has 138 valence electrons. The van der Waals surface area contributed by atoms with Crippen LogP contribution in [0.25, 0.3) is 0 Å². The van der Waals surface area contributed by atoms with E-state index in [1.807, 2.05) is 0 Å². The van der Waals surface area contributed by atoms with Crippen molar-refractivity contribution in [3.63, 3.8) is 0 Å². The highest BCUT2D eigenvalue weighted by atomic mass is 35.5. The Balaban J connectivity index is 1.61. The van der Waals surface area contributed by atoms with Crippen LogP contribution in [-0.4, -0.2) is 33.1 Å². The Morgan fingerprint density at radius 2 is 2.00 bits per heavy atom. The first-order valence-electron chi connectivity index (χ1n) is 8.15. The zero-order valence-corrected chi connectivity index (χ0v) is 16.3. The highest BCUT2D eigenvalue weighted by molar-refractivity contribution is 7.99. The largest absolute Gasteiger partial charge is 0.485 e. The fraction of sp³-hybridized carbons (Fsp3) is 0.167. The average molecular weight is 421 g/mol. The minimum absolute atomic E-state index is 0.153. The van der Waals surface area contributed by atoms with Crippen LogP contribution in [0.5, 0.6) is 5.75 Å². The third kappa shape index (κ3) is 3.76. The number of fused-ring (bicyclic) bond motifs is 1. The Hall–Kier alpha value is -2.22. The number of nitrogens with zero attached hydrogens (tertiary/aromatic N) is 4. The summed E-state index contributed by atoms with van der Waals surface area (Å²) in [5.41, 5.74) is 0.437. The van der Waals surface area contributed by atoms with Gasteiger partial charge in [0.15, 0.2) is 5.82 Å². The number of amides is 1. The number of halogens is 2. The van der Waals surface area contributed by atoms with Gasteiger partial charge in [-0.25, -0.2) is 9.69 Å². The molecule has 3 aromatic rings. The van der Waals surface area contributed by atoms with Crippen LogP contribution in [0, 0.1) is 0 Å². The molecule has 0 bridgehead atoms. The Kier molecular flexibility index (Phi) is 5.24. The van der Waals surface area contributed by atoms with Gasteiger partial charge in [-0.1, -0.05) is 53.2 Å². The van der Waals surface area contributed by atoms with Gasteiger partial charge in [-0.2, -0.15) is 0 Å². The standard InChI is InChI=1S/C18H14Cl2N4O2S/c19-12-4-3-5-13(10-12)26-11-16-21-22-18-24(16)23(8-9-27-18)17(25)14-6-1-2-7-15(14)20/h1-7,10H,8-9,11H2. The first-order valence-corrected chi connectivity index (χ1v) is 9.90. The Morgan fingerprint density at radius 1 is 1.15 bits per heavy atom. The van der Waals surface area contributed by atoms with Crippen LogP contribution in [0.4, 0.5) is 0 Å². The van der Waals surface area contributed by atoms with E-state index >= 15 is 0 Å². The fourth-order valence-electron chi connectivity index (χ4n) is 2.71. The number of aromatic nitrogens is 3. The second-order valence-electron chi connectivity index (χ2n) is 5.71. The molecule has 1 aliphatic rings. The second kappa shape index (κ2) is 7.80. The summed E-state index contributed by atoms with van der Waals surface area (Å²) >= 11 is 13.7. The quantitative estimate of drug-likeness (QED) is 0.636. The van der Waals surface area contributed by atoms with Crippen LogP contribution in [-0.2, 0) is 6.61 Å². The molecule has 1 amide bonds. The SMILES string of the molecule is O=C(c1ccccc1Cl)N1CCSc2nnc(COc3cccc(Cl)c3)n21. The van der Waals surface area contributed by atoms with E-state index in [9.17, 15) is 4.79 Å². The van der Waals surface area contributed by atoms with Crippen molar-refractivity contribution in [1.29, 1.82) is 0 Å². The van der Waals surface area contributed by atoms with E-state index in [1.54, 1.807) is 70.0 Å². The van der Waals surface area contributed by atoms with E-state index in [2.05, 4.69) is 10.2 Å². The highest BCUT2D eigenvalue weighted by Crippen LogP contribution is 2.26. The maximum absolute atomic E-state index is 13.0. The fourth-order valence-corrected chi connectivity index (χ4v) is 3.98. The molecule has 9 heteroatoms. The number of thioether (sulfide) groups is 1. The van der Waals surface area contributed by atoms with Crippen molar-refractivity contribution in [2.75, 3.05) is 17.3 Å². The van der Waals surface area contributed by atoms with E-state index in [4.69, 9.17) is 27.9 Å². The van der Waals surface area contributed by atoms with Gasteiger partial charge in [0.05, 0.1) is 17.1 Å². The minimum Gasteiger partial charge on any atom is -0.485 e. The van der Waals surface area contributed by atoms with Gasteiger partial charge in [0.2, 0.25) is 5.16 Å². The zero-order valence-electron chi connectivity index (χ0n) is 14.0. The molecule has 2 aromatic carbocycles. The van der Waals surface area contributed by atoms with Crippen LogP contribution in [0.1, 0.15) is 16.2 Å². The predicted octanol–water partition coefficient (Wildman–Crippen LogP) is 4.05. The lowest BCUT2D eigenvalue weighted by molar-refractivity contribution is 0.0953. The molecule has 6 nitrogen and oxygen atoms in total. The molecule has 0 aliphatic carbocycles. The topological polar surface area (TPSA) is 60.3 Å². The normalized spacial score (nSPS) is 13.3. The maximum atomic E-state index is 13.0. The lowest BCUT2D eigenvalue weighted by Gasteiger charge is -2.29. The van der Waals surface area contributed by atoms with Crippen molar-refractivity contribution in [3.8, 4) is 5.75 Å². The van der Waals surface area contributed by atoms with Gasteiger partial charge in [0.25, 0.3) is 5.91 Å². The molecule has 4 rings (SSSR count). The van der Waals surface area contributed by atoms with Crippen molar-refractivity contribution in [2.45, 2.75) is 11.8 Å². The van der Waals surface area contributed by atoms with Gasteiger partial charge < -0.3 is 4.74 Å². The Labute approximate surface area is 170 Å². The van der Waals surface area contributed by atoms with Crippen LogP contribution in [0.2, 0.25) is 10.0 Å². The van der Waals surface area contributed by atoms with E-state index in [0.717, 1.165) is 5.75 Å². The zero-order chi connectivity index (χ0) is 18.8. The van der Waals surface area contributed by atoms with Gasteiger partial charge in [-0.05, 0) is 30.3 Å². The summed E-state index contributed by atoms with van der Waals surface area (Å²) < 4.78 is 7.47. The van der Waals surface area contributed by atoms with E-state index < -0.39 is 0 Å². The number of hydrogen-bond donors (Lipinski definition) is 0. The number of rotatable bonds is 4. The smallest absolute Gasteiger partial charge is 0.274 e. The van der Waals surface area contributed by atoms with Crippen molar-refractivity contribution in [3.05, 3.63) is 70.0 Å². The molecule has 0 unspecified atom stereocenters. The number of benzene rings is 2. The number of ether oxygens (including phenoxy) is 1. The number of carbonyl (C=O) groups excluding carboxylic acids is 1. The second-order valence-corrected chi connectivity index (χ2v) is 7.62. The molecule has 1 aromatic heterocycles. The minimum atomic E-state index is -0.203. The number of carbonyl (C=O) groups is 1. The van der Waals surface area contributed by atoms with Gasteiger partial charge in [-0.15, -0.1) is 10.2 Å². The maximum Gasteiger partial charge on any atom is 0.274 e. The highest BCUT2D eigenvalue weighted by Gasteiger charge is 2.29. The molecule has 0 saturated heterocycles. The molecule has 1 aliphatic heterocycles. The summed E-state index contributed by atoms with van der Waals surface area (Å²) in [5.74, 6) is 1.67. The van der Waals surface area contributed by atoms with Crippen molar-refractivity contribution in [2.24, 2.45) is 0 Å². The summed E-state index contributed by atoms with van der Waals surface area (Å²) in [6.45, 7) is 0.671. The first-order chi connectivity index (χ1) is 13.1. The van der Waals surface area contributed by atoms with Crippen molar-refractivity contribution in [1.82, 2.24) is 14.9 Å². The summed E-state index contributed by atoms with van der Waals surface area (Å²) in [5, 5.41) is 11.6. The molecule has 0 radical (unpaired) electrons. The Morgan fingerprint density at radius 3 is 2.81 bits per heavy atom. The lowest BCUT2D eigenvalue weighted by atomic mass is 10.2. The number of hydrogen-bond acceptors (Lipinski definition) is 5. The summed E-state index contributed by atoms with van der Waals surface area (Å²) in [6, 6.07) is 14.1. The van der Waals surface area contributed by atoms with Gasteiger partial charge in [0.1, 0.15) is 12.4 Å². The van der Waals surface area contributed by atoms with Crippen LogP contribution in [0.3, 0.4) is 0 Å². The van der Waals surface area contributed by atoms with Gasteiger partial charge >= 0.3 is 0 Å². The van der Waals surface area contributed by atoms with Crippen molar-refractivity contribution >= 4 is 40.9 Å². The van der Waals surface area contributed by atoms with E-state index in [-0.39, 0.29) is 12.5 Å². The molecule has 2 heterocycles. The Bertz CT molecular complexity index is 995. The molecular weight excluding hydrogens is 407 g/mol. The molecule has 0 fully saturated rings. The third-order valence-electron chi connectivity index (χ3n) is 3.96. The first kappa shape index (κ1) is 18.2. The third-order valence-corrected chi connectivity index (χ3v) is 5.42. The summed E-state index contributed by atoms with van der Waals surface area (Å²) in [7, 11) is 0. The summed E-state index contributed by atoms with van der Waals surface area (Å²) in [6.07, 6.45) is 0. The van der Waals surface area contributed by atoms with Crippen LogP contribution >= 0.6 is 35.0 Å². The van der Waals surface area contributed by atoms with E-state index in [1.165, 1.54) is 0 Å². The summed E-state index contributed by atoms with van der Waals surface area (Å²) in [4.78, 5) is 13.0. The molecule has 0 atom stereocenters. The van der Waals surface area contributed by atoms with Gasteiger partial charge in [-0.3, -0.25) is 4.79 Å². The molecular formula is C18H14Cl2N4O2S. The average Bonchev–Trinajstić information content (AvgIpc) is 3.09.